The summed E-state index contributed by atoms with van der Waals surface area (Å²) >= 11 is 7.55. The topological polar surface area (TPSA) is 51.0 Å². The molecule has 0 aromatic carbocycles. The fraction of sp³-hybridized carbons (Fsp3) is 0.750. The van der Waals surface area contributed by atoms with E-state index >= 15 is 0 Å². The van der Waals surface area contributed by atoms with Crippen LogP contribution in [0.4, 0.5) is 6.01 Å². The Morgan fingerprint density at radius 1 is 1.43 bits per heavy atom. The summed E-state index contributed by atoms with van der Waals surface area (Å²) in [5.41, 5.74) is 0. The van der Waals surface area contributed by atoms with Crippen molar-refractivity contribution in [1.82, 2.24) is 10.2 Å². The van der Waals surface area contributed by atoms with Crippen LogP contribution in [-0.2, 0) is 5.88 Å². The van der Waals surface area contributed by atoms with E-state index in [9.17, 15) is 0 Å². The summed E-state index contributed by atoms with van der Waals surface area (Å²) in [7, 11) is 0. The van der Waals surface area contributed by atoms with Gasteiger partial charge >= 0.3 is 6.01 Å². The Morgan fingerprint density at radius 2 is 2.21 bits per heavy atom. The van der Waals surface area contributed by atoms with Gasteiger partial charge in [0.25, 0.3) is 0 Å². The summed E-state index contributed by atoms with van der Waals surface area (Å²) in [6, 6.07) is 0.970. The van der Waals surface area contributed by atoms with E-state index in [1.54, 1.807) is 0 Å². The molecule has 2 rings (SSSR count). The van der Waals surface area contributed by atoms with Crippen LogP contribution in [0.3, 0.4) is 0 Å². The molecule has 78 valence electrons. The quantitative estimate of drug-likeness (QED) is 0.811. The van der Waals surface area contributed by atoms with E-state index in [1.807, 2.05) is 11.8 Å². The van der Waals surface area contributed by atoms with E-state index in [2.05, 4.69) is 15.5 Å². The van der Waals surface area contributed by atoms with Crippen molar-refractivity contribution < 1.29 is 4.42 Å². The zero-order valence-electron chi connectivity index (χ0n) is 7.70. The van der Waals surface area contributed by atoms with Gasteiger partial charge in [-0.15, -0.1) is 16.7 Å². The first kappa shape index (κ1) is 10.1. The van der Waals surface area contributed by atoms with Crippen molar-refractivity contribution in [2.24, 2.45) is 0 Å². The standard InChI is InChI=1S/C8H12ClN3OS/c9-5-7-11-12-8(13-7)10-6-1-3-14-4-2-6/h6H,1-5H2,(H,10,12). The maximum absolute atomic E-state index is 5.56. The van der Waals surface area contributed by atoms with Gasteiger partial charge in [-0.1, -0.05) is 5.10 Å². The predicted octanol–water partition coefficient (Wildman–Crippen LogP) is 2.12. The molecule has 0 saturated carbocycles. The molecule has 1 fully saturated rings. The highest BCUT2D eigenvalue weighted by molar-refractivity contribution is 7.99. The minimum atomic E-state index is 0.273. The second-order valence-electron chi connectivity index (χ2n) is 3.17. The second-order valence-corrected chi connectivity index (χ2v) is 4.66. The van der Waals surface area contributed by atoms with Crippen molar-refractivity contribution in [2.75, 3.05) is 16.8 Å². The Kier molecular flexibility index (Phi) is 3.53. The molecule has 0 unspecified atom stereocenters. The van der Waals surface area contributed by atoms with Crippen molar-refractivity contribution in [3.05, 3.63) is 5.89 Å². The Balaban J connectivity index is 1.89. The lowest BCUT2D eigenvalue weighted by atomic mass is 10.2. The van der Waals surface area contributed by atoms with Gasteiger partial charge in [0.15, 0.2) is 0 Å². The molecule has 14 heavy (non-hydrogen) atoms. The molecule has 0 aliphatic carbocycles. The number of hydrogen-bond acceptors (Lipinski definition) is 5. The Bertz CT molecular complexity index is 288. The molecule has 2 heterocycles. The van der Waals surface area contributed by atoms with Gasteiger partial charge in [0.2, 0.25) is 5.89 Å². The maximum atomic E-state index is 5.56. The number of aromatic nitrogens is 2. The molecule has 4 nitrogen and oxygen atoms in total. The van der Waals surface area contributed by atoms with Gasteiger partial charge in [0, 0.05) is 6.04 Å². The van der Waals surface area contributed by atoms with E-state index in [4.69, 9.17) is 16.0 Å². The summed E-state index contributed by atoms with van der Waals surface area (Å²) in [4.78, 5) is 0. The van der Waals surface area contributed by atoms with Crippen LogP contribution >= 0.6 is 23.4 Å². The molecule has 0 spiro atoms. The van der Waals surface area contributed by atoms with Gasteiger partial charge in [-0.2, -0.15) is 11.8 Å². The molecular weight excluding hydrogens is 222 g/mol. The van der Waals surface area contributed by atoms with Crippen LogP contribution in [-0.4, -0.2) is 27.7 Å². The Hall–Kier alpha value is -0.420. The van der Waals surface area contributed by atoms with Crippen molar-refractivity contribution in [1.29, 1.82) is 0 Å². The Labute approximate surface area is 91.8 Å². The molecule has 0 bridgehead atoms. The average molecular weight is 234 g/mol. The molecule has 1 aliphatic rings. The summed E-state index contributed by atoms with van der Waals surface area (Å²) in [5, 5.41) is 10.9. The van der Waals surface area contributed by atoms with Gasteiger partial charge < -0.3 is 9.73 Å². The first-order chi connectivity index (χ1) is 6.88. The summed E-state index contributed by atoms with van der Waals surface area (Å²) in [5.74, 6) is 3.15. The highest BCUT2D eigenvalue weighted by atomic mass is 35.5. The molecule has 0 atom stereocenters. The van der Waals surface area contributed by atoms with Crippen LogP contribution < -0.4 is 5.32 Å². The SMILES string of the molecule is ClCc1nnc(NC2CCSCC2)o1. The Morgan fingerprint density at radius 3 is 2.86 bits per heavy atom. The van der Waals surface area contributed by atoms with Crippen molar-refractivity contribution in [3.63, 3.8) is 0 Å². The van der Waals surface area contributed by atoms with E-state index in [0.29, 0.717) is 17.9 Å². The number of anilines is 1. The first-order valence-corrected chi connectivity index (χ1v) is 6.30. The van der Waals surface area contributed by atoms with Crippen molar-refractivity contribution >= 4 is 29.4 Å². The van der Waals surface area contributed by atoms with Crippen LogP contribution in [0.25, 0.3) is 0 Å². The molecule has 1 N–H and O–H groups in total. The van der Waals surface area contributed by atoms with E-state index in [-0.39, 0.29) is 5.88 Å². The molecule has 0 radical (unpaired) electrons. The smallest absolute Gasteiger partial charge is 0.315 e. The fourth-order valence-corrected chi connectivity index (χ4v) is 2.60. The van der Waals surface area contributed by atoms with Crippen LogP contribution in [0, 0.1) is 0 Å². The summed E-state index contributed by atoms with van der Waals surface area (Å²) in [6.07, 6.45) is 2.31. The maximum Gasteiger partial charge on any atom is 0.315 e. The molecule has 0 amide bonds. The number of rotatable bonds is 3. The molecule has 1 saturated heterocycles. The molecular formula is C8H12ClN3OS. The van der Waals surface area contributed by atoms with Crippen molar-refractivity contribution in [2.45, 2.75) is 24.8 Å². The second kappa shape index (κ2) is 4.89. The van der Waals surface area contributed by atoms with Crippen LogP contribution in [0.15, 0.2) is 4.42 Å². The lowest BCUT2D eigenvalue weighted by Crippen LogP contribution is -2.24. The predicted molar refractivity (Wildman–Crippen MR) is 57.8 cm³/mol. The molecule has 6 heteroatoms. The third-order valence-corrected chi connectivity index (χ3v) is 3.41. The lowest BCUT2D eigenvalue weighted by molar-refractivity contribution is 0.511. The van der Waals surface area contributed by atoms with E-state index in [0.717, 1.165) is 12.8 Å². The van der Waals surface area contributed by atoms with Gasteiger partial charge in [-0.05, 0) is 24.3 Å². The van der Waals surface area contributed by atoms with Crippen LogP contribution in [0.2, 0.25) is 0 Å². The summed E-state index contributed by atoms with van der Waals surface area (Å²) < 4.78 is 5.26. The van der Waals surface area contributed by atoms with Crippen molar-refractivity contribution in [3.8, 4) is 0 Å². The zero-order valence-corrected chi connectivity index (χ0v) is 9.27. The number of halogens is 1. The summed E-state index contributed by atoms with van der Waals surface area (Å²) in [6.45, 7) is 0. The molecule has 1 aromatic heterocycles. The van der Waals surface area contributed by atoms with Gasteiger partial charge in [0.1, 0.15) is 5.88 Å². The van der Waals surface area contributed by atoms with Gasteiger partial charge in [-0.25, -0.2) is 0 Å². The van der Waals surface area contributed by atoms with E-state index in [1.165, 1.54) is 11.5 Å². The van der Waals surface area contributed by atoms with Gasteiger partial charge in [-0.3, -0.25) is 0 Å². The van der Waals surface area contributed by atoms with Crippen LogP contribution in [0.1, 0.15) is 18.7 Å². The minimum absolute atomic E-state index is 0.273. The van der Waals surface area contributed by atoms with E-state index < -0.39 is 0 Å². The zero-order chi connectivity index (χ0) is 9.80. The molecule has 1 aliphatic heterocycles. The number of nitrogens with zero attached hydrogens (tertiary/aromatic N) is 2. The number of hydrogen-bond donors (Lipinski definition) is 1. The lowest BCUT2D eigenvalue weighted by Gasteiger charge is -2.20. The number of thioether (sulfide) groups is 1. The largest absolute Gasteiger partial charge is 0.407 e. The molecule has 1 aromatic rings. The highest BCUT2D eigenvalue weighted by Gasteiger charge is 2.15. The fourth-order valence-electron chi connectivity index (χ4n) is 1.38. The number of alkyl halides is 1. The third kappa shape index (κ3) is 2.54. The highest BCUT2D eigenvalue weighted by Crippen LogP contribution is 2.20. The normalized spacial score (nSPS) is 18.4. The van der Waals surface area contributed by atoms with Gasteiger partial charge in [0.05, 0.1) is 0 Å². The third-order valence-electron chi connectivity index (χ3n) is 2.13. The average Bonchev–Trinajstić information content (AvgIpc) is 2.67. The monoisotopic (exact) mass is 233 g/mol. The van der Waals surface area contributed by atoms with Crippen LogP contribution in [0.5, 0.6) is 0 Å². The number of nitrogens with one attached hydrogen (secondary N) is 1. The first-order valence-electron chi connectivity index (χ1n) is 4.61. The minimum Gasteiger partial charge on any atom is -0.407 e.